The van der Waals surface area contributed by atoms with Crippen molar-refractivity contribution >= 4 is 0 Å². The summed E-state index contributed by atoms with van der Waals surface area (Å²) in [5.41, 5.74) is 0. The highest BCUT2D eigenvalue weighted by atomic mass is 16.5. The van der Waals surface area contributed by atoms with Gasteiger partial charge in [-0.25, -0.2) is 0 Å². The molecule has 0 amide bonds. The molecule has 98 valence electrons. The fourth-order valence-corrected chi connectivity index (χ4v) is 1.19. The molecule has 8 nitrogen and oxygen atoms in total. The molecule has 0 aromatic rings. The molecule has 0 aromatic heterocycles. The summed E-state index contributed by atoms with van der Waals surface area (Å²) in [6.07, 6.45) is -7.16. The molecule has 0 spiro atoms. The number of hydrogen-bond acceptors (Lipinski definition) is 8. The van der Waals surface area contributed by atoms with Crippen LogP contribution in [0.3, 0.4) is 0 Å². The summed E-state index contributed by atoms with van der Waals surface area (Å²) in [5.74, 6) is -5.50. The monoisotopic (exact) mass is 242 g/mol. The summed E-state index contributed by atoms with van der Waals surface area (Å²) in [6.45, 7) is -0.0560. The highest BCUT2D eigenvalue weighted by molar-refractivity contribution is 4.87. The van der Waals surface area contributed by atoms with Crippen LogP contribution in [0, 0.1) is 0 Å². The van der Waals surface area contributed by atoms with Gasteiger partial charge in [-0.15, -0.1) is 0 Å². The molecule has 0 aliphatic heterocycles. The Balaban J connectivity index is 4.62. The molecule has 0 aliphatic rings. The third-order valence-electron chi connectivity index (χ3n) is 1.97. The van der Waals surface area contributed by atoms with E-state index in [1.54, 1.807) is 0 Å². The minimum atomic E-state index is -3.02. The van der Waals surface area contributed by atoms with Crippen molar-refractivity contribution in [3.63, 3.8) is 0 Å². The summed E-state index contributed by atoms with van der Waals surface area (Å²) in [5, 5.41) is 72.2. The van der Waals surface area contributed by atoms with Crippen LogP contribution in [-0.4, -0.2) is 77.3 Å². The zero-order valence-corrected chi connectivity index (χ0v) is 8.72. The van der Waals surface area contributed by atoms with E-state index in [0.29, 0.717) is 0 Å². The van der Waals surface area contributed by atoms with Crippen molar-refractivity contribution in [2.75, 3.05) is 6.61 Å². The molecule has 0 heterocycles. The minimum absolute atomic E-state index is 0.843. The van der Waals surface area contributed by atoms with E-state index >= 15 is 0 Å². The lowest BCUT2D eigenvalue weighted by atomic mass is 9.94. The van der Waals surface area contributed by atoms with Crippen molar-refractivity contribution < 1.29 is 40.9 Å². The van der Waals surface area contributed by atoms with E-state index in [0.717, 1.165) is 6.92 Å². The van der Waals surface area contributed by atoms with Gasteiger partial charge in [-0.3, -0.25) is 0 Å². The average molecular weight is 242 g/mol. The molecule has 0 saturated carbocycles. The van der Waals surface area contributed by atoms with Crippen LogP contribution in [0.25, 0.3) is 0 Å². The zero-order valence-electron chi connectivity index (χ0n) is 8.72. The third-order valence-corrected chi connectivity index (χ3v) is 1.97. The van der Waals surface area contributed by atoms with Crippen LogP contribution in [0.5, 0.6) is 0 Å². The first-order valence-electron chi connectivity index (χ1n) is 4.56. The lowest BCUT2D eigenvalue weighted by Gasteiger charge is -2.34. The van der Waals surface area contributed by atoms with Crippen LogP contribution >= 0.6 is 0 Å². The fourth-order valence-electron chi connectivity index (χ4n) is 1.19. The highest BCUT2D eigenvalue weighted by Crippen LogP contribution is 2.22. The first kappa shape index (κ1) is 15.7. The van der Waals surface area contributed by atoms with Gasteiger partial charge in [-0.05, 0) is 6.92 Å². The van der Waals surface area contributed by atoms with E-state index in [-0.39, 0.29) is 0 Å². The predicted molar refractivity (Wildman–Crippen MR) is 49.7 cm³/mol. The quantitative estimate of drug-likeness (QED) is 0.217. The second-order valence-corrected chi connectivity index (χ2v) is 3.96. The molecule has 0 fully saturated rings. The van der Waals surface area contributed by atoms with E-state index < -0.39 is 42.9 Å². The maximum Gasteiger partial charge on any atom is 0.197 e. The fraction of sp³-hybridized carbons (Fsp3) is 1.00. The van der Waals surface area contributed by atoms with Gasteiger partial charge in [-0.1, -0.05) is 0 Å². The summed E-state index contributed by atoms with van der Waals surface area (Å²) >= 11 is 0. The zero-order chi connectivity index (χ0) is 13.1. The molecule has 0 unspecified atom stereocenters. The Kier molecular flexibility index (Phi) is 5.23. The van der Waals surface area contributed by atoms with Crippen molar-refractivity contribution in [3.8, 4) is 0 Å². The van der Waals surface area contributed by atoms with Crippen molar-refractivity contribution in [3.05, 3.63) is 0 Å². The molecule has 0 bridgehead atoms. The SMILES string of the molecule is CC(O)(O)CC(O)(O)[C@@H](O)[C@H](O)[C@H](O)CO. The van der Waals surface area contributed by atoms with Gasteiger partial charge in [-0.2, -0.15) is 0 Å². The van der Waals surface area contributed by atoms with Crippen LogP contribution in [0.15, 0.2) is 0 Å². The Labute approximate surface area is 91.6 Å². The molecule has 0 radical (unpaired) electrons. The second kappa shape index (κ2) is 5.34. The van der Waals surface area contributed by atoms with Crippen molar-refractivity contribution in [1.82, 2.24) is 0 Å². The molecular formula is C8H18O8. The Morgan fingerprint density at radius 1 is 1.00 bits per heavy atom. The molecule has 0 saturated heterocycles. The Morgan fingerprint density at radius 3 is 1.75 bits per heavy atom. The summed E-state index contributed by atoms with van der Waals surface area (Å²) in [7, 11) is 0. The van der Waals surface area contributed by atoms with E-state index in [9.17, 15) is 20.4 Å². The number of hydrogen-bond donors (Lipinski definition) is 8. The molecule has 0 aliphatic carbocycles. The first-order valence-corrected chi connectivity index (χ1v) is 4.56. The summed E-state index contributed by atoms with van der Waals surface area (Å²) in [4.78, 5) is 0. The Hall–Kier alpha value is -0.320. The molecule has 8 N–H and O–H groups in total. The van der Waals surface area contributed by atoms with Crippen LogP contribution in [0.4, 0.5) is 0 Å². The van der Waals surface area contributed by atoms with E-state index in [2.05, 4.69) is 0 Å². The smallest absolute Gasteiger partial charge is 0.197 e. The first-order chi connectivity index (χ1) is 7.01. The molecule has 8 heteroatoms. The Bertz CT molecular complexity index is 211. The number of aliphatic hydroxyl groups excluding tert-OH is 4. The van der Waals surface area contributed by atoms with Crippen LogP contribution < -0.4 is 0 Å². The van der Waals surface area contributed by atoms with E-state index in [1.165, 1.54) is 0 Å². The topological polar surface area (TPSA) is 162 Å². The highest BCUT2D eigenvalue weighted by Gasteiger charge is 2.44. The predicted octanol–water partition coefficient (Wildman–Crippen LogP) is -4.17. The summed E-state index contributed by atoms with van der Waals surface area (Å²) in [6, 6.07) is 0. The molecule has 0 aromatic carbocycles. The average Bonchev–Trinajstić information content (AvgIpc) is 2.10. The second-order valence-electron chi connectivity index (χ2n) is 3.96. The molecular weight excluding hydrogens is 224 g/mol. The van der Waals surface area contributed by atoms with E-state index in [1.807, 2.05) is 0 Å². The molecule has 16 heavy (non-hydrogen) atoms. The van der Waals surface area contributed by atoms with Crippen LogP contribution in [0.2, 0.25) is 0 Å². The third kappa shape index (κ3) is 4.68. The van der Waals surface area contributed by atoms with Crippen molar-refractivity contribution in [1.29, 1.82) is 0 Å². The normalized spacial score (nSPS) is 19.3. The van der Waals surface area contributed by atoms with E-state index in [4.69, 9.17) is 20.4 Å². The standard InChI is InChI=1S/C8H18O8/c1-7(13,14)3-8(15,16)6(12)5(11)4(10)2-9/h4-6,9-16H,2-3H2,1H3/t4-,5-,6+/m1/s1. The number of aliphatic hydroxyl groups is 8. The van der Waals surface area contributed by atoms with Crippen LogP contribution in [-0.2, 0) is 0 Å². The molecule has 0 rings (SSSR count). The molecule has 3 atom stereocenters. The van der Waals surface area contributed by atoms with Crippen LogP contribution in [0.1, 0.15) is 13.3 Å². The van der Waals surface area contributed by atoms with Gasteiger partial charge in [0, 0.05) is 0 Å². The van der Waals surface area contributed by atoms with Gasteiger partial charge in [0.25, 0.3) is 0 Å². The lowest BCUT2D eigenvalue weighted by Crippen LogP contribution is -2.56. The van der Waals surface area contributed by atoms with Gasteiger partial charge in [0.1, 0.15) is 18.3 Å². The van der Waals surface area contributed by atoms with Gasteiger partial charge in [0.2, 0.25) is 0 Å². The van der Waals surface area contributed by atoms with Crippen molar-refractivity contribution in [2.45, 2.75) is 43.2 Å². The summed E-state index contributed by atoms with van der Waals surface area (Å²) < 4.78 is 0. The number of rotatable bonds is 6. The minimum Gasteiger partial charge on any atom is -0.394 e. The van der Waals surface area contributed by atoms with Crippen molar-refractivity contribution in [2.24, 2.45) is 0 Å². The van der Waals surface area contributed by atoms with Gasteiger partial charge < -0.3 is 40.9 Å². The Morgan fingerprint density at radius 2 is 1.44 bits per heavy atom. The maximum atomic E-state index is 9.27. The van der Waals surface area contributed by atoms with Gasteiger partial charge in [0.15, 0.2) is 11.6 Å². The maximum absolute atomic E-state index is 9.27. The van der Waals surface area contributed by atoms with Gasteiger partial charge in [0.05, 0.1) is 13.0 Å². The largest absolute Gasteiger partial charge is 0.394 e. The van der Waals surface area contributed by atoms with Gasteiger partial charge >= 0.3 is 0 Å². The lowest BCUT2D eigenvalue weighted by molar-refractivity contribution is -0.300.